The van der Waals surface area contributed by atoms with Gasteiger partial charge in [-0.3, -0.25) is 10.1 Å². The Morgan fingerprint density at radius 3 is 2.61 bits per heavy atom. The number of nitrogens with zero attached hydrogens (tertiary/aromatic N) is 2. The van der Waals surface area contributed by atoms with Crippen molar-refractivity contribution in [1.82, 2.24) is 4.90 Å². The molecule has 18 heavy (non-hydrogen) atoms. The number of anilines is 1. The first-order chi connectivity index (χ1) is 8.60. The Balaban J connectivity index is 2.67. The number of benzene rings is 1. The summed E-state index contributed by atoms with van der Waals surface area (Å²) in [5, 5.41) is 11.0. The van der Waals surface area contributed by atoms with Gasteiger partial charge in [0.25, 0.3) is 0 Å². The SMILES string of the molecule is CCN(CC)CCSc1cccc(N)c1[N+](=O)[O-]. The second-order valence-corrected chi connectivity index (χ2v) is 4.96. The number of thioether (sulfide) groups is 1. The smallest absolute Gasteiger partial charge is 0.305 e. The number of nitro benzene ring substituents is 1. The Kier molecular flexibility index (Phi) is 5.94. The van der Waals surface area contributed by atoms with Gasteiger partial charge in [0.1, 0.15) is 5.69 Å². The Morgan fingerprint density at radius 2 is 2.06 bits per heavy atom. The van der Waals surface area contributed by atoms with Crippen LogP contribution in [-0.4, -0.2) is 35.2 Å². The largest absolute Gasteiger partial charge is 0.393 e. The lowest BCUT2D eigenvalue weighted by Crippen LogP contribution is -2.25. The second kappa shape index (κ2) is 7.23. The predicted molar refractivity (Wildman–Crippen MR) is 76.0 cm³/mol. The van der Waals surface area contributed by atoms with E-state index in [0.717, 1.165) is 25.4 Å². The zero-order valence-corrected chi connectivity index (χ0v) is 11.6. The number of hydrogen-bond donors (Lipinski definition) is 1. The number of hydrogen-bond acceptors (Lipinski definition) is 5. The fourth-order valence-electron chi connectivity index (χ4n) is 1.68. The maximum Gasteiger partial charge on any atom is 0.305 e. The Morgan fingerprint density at radius 1 is 1.39 bits per heavy atom. The fraction of sp³-hybridized carbons (Fsp3) is 0.500. The van der Waals surface area contributed by atoms with E-state index in [0.29, 0.717) is 4.90 Å². The third kappa shape index (κ3) is 3.89. The first kappa shape index (κ1) is 14.8. The average Bonchev–Trinajstić information content (AvgIpc) is 2.34. The van der Waals surface area contributed by atoms with Crippen LogP contribution in [0.5, 0.6) is 0 Å². The van der Waals surface area contributed by atoms with Crippen molar-refractivity contribution in [2.75, 3.05) is 31.1 Å². The van der Waals surface area contributed by atoms with Crippen molar-refractivity contribution < 1.29 is 4.92 Å². The van der Waals surface area contributed by atoms with Gasteiger partial charge in [0, 0.05) is 12.3 Å². The highest BCUT2D eigenvalue weighted by Crippen LogP contribution is 2.33. The average molecular weight is 269 g/mol. The minimum Gasteiger partial charge on any atom is -0.393 e. The van der Waals surface area contributed by atoms with E-state index in [1.807, 2.05) is 0 Å². The molecule has 6 heteroatoms. The zero-order valence-electron chi connectivity index (χ0n) is 10.8. The first-order valence-corrected chi connectivity index (χ1v) is 6.96. The third-order valence-corrected chi connectivity index (χ3v) is 3.80. The molecule has 0 radical (unpaired) electrons. The van der Waals surface area contributed by atoms with Crippen LogP contribution in [0.4, 0.5) is 11.4 Å². The number of nitrogens with two attached hydrogens (primary N) is 1. The van der Waals surface area contributed by atoms with Crippen molar-refractivity contribution in [3.63, 3.8) is 0 Å². The highest BCUT2D eigenvalue weighted by molar-refractivity contribution is 7.99. The maximum absolute atomic E-state index is 11.0. The van der Waals surface area contributed by atoms with Crippen LogP contribution in [0.2, 0.25) is 0 Å². The monoisotopic (exact) mass is 269 g/mol. The van der Waals surface area contributed by atoms with Crippen molar-refractivity contribution in [3.8, 4) is 0 Å². The van der Waals surface area contributed by atoms with Crippen LogP contribution in [0.3, 0.4) is 0 Å². The van der Waals surface area contributed by atoms with Crippen LogP contribution in [0.25, 0.3) is 0 Å². The number of nitro groups is 1. The first-order valence-electron chi connectivity index (χ1n) is 5.98. The highest BCUT2D eigenvalue weighted by atomic mass is 32.2. The molecule has 1 rings (SSSR count). The van der Waals surface area contributed by atoms with E-state index < -0.39 is 4.92 Å². The predicted octanol–water partition coefficient (Wildman–Crippen LogP) is 2.61. The molecule has 0 bridgehead atoms. The lowest BCUT2D eigenvalue weighted by atomic mass is 10.3. The number of nitrogen functional groups attached to an aromatic ring is 1. The maximum atomic E-state index is 11.0. The molecule has 0 aromatic heterocycles. The van der Waals surface area contributed by atoms with Gasteiger partial charge >= 0.3 is 5.69 Å². The van der Waals surface area contributed by atoms with E-state index >= 15 is 0 Å². The summed E-state index contributed by atoms with van der Waals surface area (Å²) in [6.07, 6.45) is 0. The zero-order chi connectivity index (χ0) is 13.5. The molecule has 2 N–H and O–H groups in total. The highest BCUT2D eigenvalue weighted by Gasteiger charge is 2.17. The van der Waals surface area contributed by atoms with Crippen LogP contribution in [0.15, 0.2) is 23.1 Å². The molecular formula is C12H19N3O2S. The van der Waals surface area contributed by atoms with Gasteiger partial charge in [-0.2, -0.15) is 0 Å². The Bertz CT molecular complexity index is 408. The molecule has 0 atom stereocenters. The van der Waals surface area contributed by atoms with Gasteiger partial charge in [0.15, 0.2) is 0 Å². The van der Waals surface area contributed by atoms with Gasteiger partial charge in [-0.05, 0) is 25.2 Å². The van der Waals surface area contributed by atoms with Gasteiger partial charge in [0.05, 0.1) is 9.82 Å². The lowest BCUT2D eigenvalue weighted by molar-refractivity contribution is -0.386. The summed E-state index contributed by atoms with van der Waals surface area (Å²) in [4.78, 5) is 13.5. The minimum atomic E-state index is -0.408. The Labute approximate surface area is 111 Å². The van der Waals surface area contributed by atoms with E-state index in [1.165, 1.54) is 11.8 Å². The van der Waals surface area contributed by atoms with Gasteiger partial charge in [0.2, 0.25) is 0 Å². The molecule has 0 aliphatic rings. The molecule has 0 unspecified atom stereocenters. The Hall–Kier alpha value is -1.27. The molecular weight excluding hydrogens is 250 g/mol. The molecule has 1 aromatic rings. The summed E-state index contributed by atoms with van der Waals surface area (Å²) < 4.78 is 0. The van der Waals surface area contributed by atoms with Crippen LogP contribution >= 0.6 is 11.8 Å². The van der Waals surface area contributed by atoms with E-state index in [-0.39, 0.29) is 11.4 Å². The minimum absolute atomic E-state index is 0.0297. The second-order valence-electron chi connectivity index (χ2n) is 3.83. The number of rotatable bonds is 7. The normalized spacial score (nSPS) is 10.8. The topological polar surface area (TPSA) is 72.4 Å². The van der Waals surface area contributed by atoms with E-state index in [2.05, 4.69) is 18.7 Å². The molecule has 0 fully saturated rings. The molecule has 5 nitrogen and oxygen atoms in total. The standard InChI is InChI=1S/C12H19N3O2S/c1-3-14(4-2)8-9-18-11-7-5-6-10(13)12(11)15(16)17/h5-7H,3-4,8-9,13H2,1-2H3. The fourth-order valence-corrected chi connectivity index (χ4v) is 2.75. The van der Waals surface area contributed by atoms with Crippen molar-refractivity contribution in [1.29, 1.82) is 0 Å². The van der Waals surface area contributed by atoms with E-state index in [1.54, 1.807) is 18.2 Å². The van der Waals surface area contributed by atoms with Crippen molar-refractivity contribution in [2.24, 2.45) is 0 Å². The van der Waals surface area contributed by atoms with E-state index in [9.17, 15) is 10.1 Å². The molecule has 0 heterocycles. The van der Waals surface area contributed by atoms with Gasteiger partial charge < -0.3 is 10.6 Å². The van der Waals surface area contributed by atoms with Gasteiger partial charge in [-0.1, -0.05) is 19.9 Å². The molecule has 0 saturated heterocycles. The van der Waals surface area contributed by atoms with Gasteiger partial charge in [-0.25, -0.2) is 0 Å². The summed E-state index contributed by atoms with van der Waals surface area (Å²) in [6, 6.07) is 5.07. The van der Waals surface area contributed by atoms with E-state index in [4.69, 9.17) is 5.73 Å². The number of para-hydroxylation sites is 1. The van der Waals surface area contributed by atoms with Crippen LogP contribution in [-0.2, 0) is 0 Å². The molecule has 0 spiro atoms. The third-order valence-electron chi connectivity index (χ3n) is 2.77. The molecule has 0 aliphatic carbocycles. The molecule has 0 amide bonds. The molecule has 100 valence electrons. The molecule has 1 aromatic carbocycles. The lowest BCUT2D eigenvalue weighted by Gasteiger charge is -2.17. The summed E-state index contributed by atoms with van der Waals surface area (Å²) in [5.41, 5.74) is 5.90. The molecule has 0 aliphatic heterocycles. The summed E-state index contributed by atoms with van der Waals surface area (Å²) in [5.74, 6) is 0.825. The summed E-state index contributed by atoms with van der Waals surface area (Å²) in [7, 11) is 0. The molecule has 0 saturated carbocycles. The van der Waals surface area contributed by atoms with Crippen molar-refractivity contribution in [3.05, 3.63) is 28.3 Å². The van der Waals surface area contributed by atoms with Gasteiger partial charge in [-0.15, -0.1) is 11.8 Å². The van der Waals surface area contributed by atoms with Crippen LogP contribution < -0.4 is 5.73 Å². The van der Waals surface area contributed by atoms with Crippen LogP contribution in [0, 0.1) is 10.1 Å². The van der Waals surface area contributed by atoms with Crippen molar-refractivity contribution >= 4 is 23.1 Å². The summed E-state index contributed by atoms with van der Waals surface area (Å²) >= 11 is 1.49. The quantitative estimate of drug-likeness (QED) is 0.356. The van der Waals surface area contributed by atoms with Crippen molar-refractivity contribution in [2.45, 2.75) is 18.7 Å². The van der Waals surface area contributed by atoms with Crippen LogP contribution in [0.1, 0.15) is 13.8 Å². The summed E-state index contributed by atoms with van der Waals surface area (Å²) in [6.45, 7) is 7.13.